The van der Waals surface area contributed by atoms with Crippen molar-refractivity contribution in [3.05, 3.63) is 77.2 Å². The number of aromatic nitrogens is 1. The van der Waals surface area contributed by atoms with Crippen LogP contribution in [-0.4, -0.2) is 52.8 Å². The Morgan fingerprint density at radius 3 is 2.43 bits per heavy atom. The Balaban J connectivity index is 1.20. The largest absolute Gasteiger partial charge is 0.481 e. The molecule has 1 aliphatic carbocycles. The van der Waals surface area contributed by atoms with Crippen molar-refractivity contribution in [1.82, 2.24) is 15.4 Å². The Labute approximate surface area is 201 Å². The van der Waals surface area contributed by atoms with Crippen LogP contribution >= 0.6 is 0 Å². The number of aliphatic carboxylic acids is 1. The van der Waals surface area contributed by atoms with E-state index >= 15 is 0 Å². The maximum atomic E-state index is 12.9. The predicted molar refractivity (Wildman–Crippen MR) is 125 cm³/mol. The molecule has 0 saturated carbocycles. The van der Waals surface area contributed by atoms with E-state index in [4.69, 9.17) is 9.26 Å². The quantitative estimate of drug-likeness (QED) is 0.558. The van der Waals surface area contributed by atoms with Crippen LogP contribution in [0.5, 0.6) is 0 Å². The van der Waals surface area contributed by atoms with Gasteiger partial charge in [0, 0.05) is 19.0 Å². The lowest BCUT2D eigenvalue weighted by atomic mass is 9.90. The third kappa shape index (κ3) is 4.14. The van der Waals surface area contributed by atoms with Gasteiger partial charge in [0.15, 0.2) is 0 Å². The van der Waals surface area contributed by atoms with Crippen LogP contribution in [0.4, 0.5) is 4.79 Å². The molecule has 3 aromatic rings. The molecule has 1 fully saturated rings. The van der Waals surface area contributed by atoms with Crippen LogP contribution in [0.2, 0.25) is 0 Å². The van der Waals surface area contributed by atoms with Crippen molar-refractivity contribution in [3.63, 3.8) is 0 Å². The van der Waals surface area contributed by atoms with Gasteiger partial charge in [0.25, 0.3) is 5.91 Å². The number of fused-ring (bicyclic) bond motifs is 3. The third-order valence-corrected chi connectivity index (χ3v) is 6.90. The van der Waals surface area contributed by atoms with Gasteiger partial charge in [-0.15, -0.1) is 0 Å². The molecule has 0 radical (unpaired) electrons. The number of benzene rings is 2. The maximum Gasteiger partial charge on any atom is 0.407 e. The van der Waals surface area contributed by atoms with Gasteiger partial charge in [0.1, 0.15) is 24.1 Å². The smallest absolute Gasteiger partial charge is 0.407 e. The molecule has 1 saturated heterocycles. The number of hydrogen-bond donors (Lipinski definition) is 2. The number of carboxylic acids is 1. The predicted octanol–water partition coefficient (Wildman–Crippen LogP) is 3.65. The lowest BCUT2D eigenvalue weighted by molar-refractivity contribution is -0.147. The first-order valence-corrected chi connectivity index (χ1v) is 11.4. The minimum atomic E-state index is -0.980. The van der Waals surface area contributed by atoms with E-state index in [9.17, 15) is 19.5 Å². The summed E-state index contributed by atoms with van der Waals surface area (Å²) in [6.07, 6.45) is 0.952. The van der Waals surface area contributed by atoms with E-state index in [0.717, 1.165) is 22.3 Å². The molecule has 0 spiro atoms. The number of amides is 2. The van der Waals surface area contributed by atoms with Crippen molar-refractivity contribution in [3.8, 4) is 11.1 Å². The Hall–Kier alpha value is -4.14. The number of carbonyl (C=O) groups is 3. The van der Waals surface area contributed by atoms with Crippen LogP contribution in [-0.2, 0) is 16.1 Å². The molecule has 2 aromatic carbocycles. The summed E-state index contributed by atoms with van der Waals surface area (Å²) in [4.78, 5) is 38.3. The molecule has 5 rings (SSSR count). The summed E-state index contributed by atoms with van der Waals surface area (Å²) in [7, 11) is 0. The zero-order valence-corrected chi connectivity index (χ0v) is 19.2. The number of rotatable bonds is 6. The van der Waals surface area contributed by atoms with Gasteiger partial charge in [-0.25, -0.2) is 4.79 Å². The number of ether oxygens (including phenoxy) is 1. The van der Waals surface area contributed by atoms with Crippen molar-refractivity contribution in [1.29, 1.82) is 0 Å². The molecule has 2 amide bonds. The van der Waals surface area contributed by atoms with Crippen molar-refractivity contribution < 1.29 is 28.8 Å². The van der Waals surface area contributed by atoms with E-state index in [1.807, 2.05) is 36.4 Å². The summed E-state index contributed by atoms with van der Waals surface area (Å²) in [6, 6.07) is 16.2. The fourth-order valence-electron chi connectivity index (χ4n) is 4.85. The number of alkyl carbamates (subject to hydrolysis) is 1. The SMILES string of the molecule is CC1(C(=O)O)CCN(C(=O)c2conc2CNC(=O)OCC2c3ccccc3-c3ccccc32)C1. The fourth-order valence-corrected chi connectivity index (χ4v) is 4.85. The van der Waals surface area contributed by atoms with E-state index < -0.39 is 17.5 Å². The highest BCUT2D eigenvalue weighted by molar-refractivity contribution is 5.95. The van der Waals surface area contributed by atoms with Crippen LogP contribution in [0.3, 0.4) is 0 Å². The van der Waals surface area contributed by atoms with E-state index in [1.54, 1.807) is 6.92 Å². The van der Waals surface area contributed by atoms with Crippen LogP contribution in [0.15, 0.2) is 59.3 Å². The maximum absolute atomic E-state index is 12.9. The highest BCUT2D eigenvalue weighted by Crippen LogP contribution is 2.44. The normalized spacial score (nSPS) is 18.7. The Morgan fingerprint density at radius 2 is 1.80 bits per heavy atom. The fraction of sp³-hybridized carbons (Fsp3) is 0.308. The Bertz CT molecular complexity index is 1260. The van der Waals surface area contributed by atoms with Crippen molar-refractivity contribution >= 4 is 18.0 Å². The third-order valence-electron chi connectivity index (χ3n) is 6.90. The van der Waals surface area contributed by atoms with Crippen LogP contribution in [0, 0.1) is 5.41 Å². The van der Waals surface area contributed by atoms with Gasteiger partial charge >= 0.3 is 12.1 Å². The van der Waals surface area contributed by atoms with E-state index in [0.29, 0.717) is 13.0 Å². The molecule has 1 aromatic heterocycles. The Kier molecular flexibility index (Phi) is 5.76. The molecule has 2 N–H and O–H groups in total. The topological polar surface area (TPSA) is 122 Å². The summed E-state index contributed by atoms with van der Waals surface area (Å²) >= 11 is 0. The average molecular weight is 476 g/mol. The number of likely N-dealkylation sites (tertiary alicyclic amines) is 1. The van der Waals surface area contributed by atoms with Crippen LogP contribution < -0.4 is 5.32 Å². The van der Waals surface area contributed by atoms with Crippen molar-refractivity contribution in [2.75, 3.05) is 19.7 Å². The molecular weight excluding hydrogens is 450 g/mol. The summed E-state index contributed by atoms with van der Waals surface area (Å²) in [6.45, 7) is 2.16. The number of carbonyl (C=O) groups excluding carboxylic acids is 2. The van der Waals surface area contributed by atoms with E-state index in [1.165, 1.54) is 11.2 Å². The van der Waals surface area contributed by atoms with Crippen LogP contribution in [0.1, 0.15) is 46.4 Å². The van der Waals surface area contributed by atoms with Crippen molar-refractivity contribution in [2.45, 2.75) is 25.8 Å². The molecule has 1 unspecified atom stereocenters. The lowest BCUT2D eigenvalue weighted by Crippen LogP contribution is -2.35. The first-order chi connectivity index (χ1) is 16.9. The molecule has 9 nitrogen and oxygen atoms in total. The molecule has 35 heavy (non-hydrogen) atoms. The molecule has 180 valence electrons. The standard InChI is InChI=1S/C26H25N3O6/c1-26(24(31)32)10-11-29(15-26)23(30)21-14-35-28-22(21)12-27-25(33)34-13-20-18-8-4-2-6-16(18)17-7-3-5-9-19(17)20/h2-9,14,20H,10-13,15H2,1H3,(H,27,33)(H,31,32). The first-order valence-electron chi connectivity index (χ1n) is 11.4. The van der Waals surface area contributed by atoms with Gasteiger partial charge < -0.3 is 24.6 Å². The zero-order chi connectivity index (χ0) is 24.6. The molecule has 1 aliphatic heterocycles. The average Bonchev–Trinajstić information content (AvgIpc) is 3.57. The van der Waals surface area contributed by atoms with Crippen LogP contribution in [0.25, 0.3) is 11.1 Å². The van der Waals surface area contributed by atoms with Gasteiger partial charge in [-0.3, -0.25) is 9.59 Å². The molecule has 1 atom stereocenters. The summed E-state index contributed by atoms with van der Waals surface area (Å²) in [5.74, 6) is -1.37. The van der Waals surface area contributed by atoms with Gasteiger partial charge in [-0.05, 0) is 35.6 Å². The van der Waals surface area contributed by atoms with Gasteiger partial charge in [-0.1, -0.05) is 53.7 Å². The molecular formula is C26H25N3O6. The first kappa shape index (κ1) is 22.6. The number of carboxylic acid groups (broad SMARTS) is 1. The summed E-state index contributed by atoms with van der Waals surface area (Å²) in [5.41, 5.74) is 3.99. The minimum absolute atomic E-state index is 0.0573. The molecule has 0 bridgehead atoms. The van der Waals surface area contributed by atoms with Gasteiger partial charge in [-0.2, -0.15) is 0 Å². The van der Waals surface area contributed by atoms with E-state index in [2.05, 4.69) is 22.6 Å². The Morgan fingerprint density at radius 1 is 1.14 bits per heavy atom. The second-order valence-corrected chi connectivity index (χ2v) is 9.20. The molecule has 9 heteroatoms. The number of nitrogens with one attached hydrogen (secondary N) is 1. The van der Waals surface area contributed by atoms with Gasteiger partial charge in [0.2, 0.25) is 0 Å². The number of nitrogens with zero attached hydrogens (tertiary/aromatic N) is 2. The highest BCUT2D eigenvalue weighted by Gasteiger charge is 2.43. The number of hydrogen-bond acceptors (Lipinski definition) is 6. The highest BCUT2D eigenvalue weighted by atomic mass is 16.5. The monoisotopic (exact) mass is 475 g/mol. The summed E-state index contributed by atoms with van der Waals surface area (Å²) in [5, 5.41) is 15.9. The second kappa shape index (κ2) is 8.90. The zero-order valence-electron chi connectivity index (χ0n) is 19.2. The molecule has 2 aliphatic rings. The van der Waals surface area contributed by atoms with Crippen molar-refractivity contribution in [2.24, 2.45) is 5.41 Å². The summed E-state index contributed by atoms with van der Waals surface area (Å²) < 4.78 is 10.5. The van der Waals surface area contributed by atoms with Gasteiger partial charge in [0.05, 0.1) is 12.0 Å². The lowest BCUT2D eigenvalue weighted by Gasteiger charge is -2.20. The van der Waals surface area contributed by atoms with E-state index in [-0.39, 0.29) is 42.8 Å². The molecule has 2 heterocycles. The minimum Gasteiger partial charge on any atom is -0.481 e. The second-order valence-electron chi connectivity index (χ2n) is 9.20.